The van der Waals surface area contributed by atoms with Gasteiger partial charge in [-0.15, -0.1) is 24.0 Å². The van der Waals surface area contributed by atoms with E-state index in [2.05, 4.69) is 65.9 Å². The third-order valence-corrected chi connectivity index (χ3v) is 4.05. The number of nitrogens with zero attached hydrogens (tertiary/aromatic N) is 1. The van der Waals surface area contributed by atoms with Crippen LogP contribution in [-0.4, -0.2) is 26.7 Å². The van der Waals surface area contributed by atoms with E-state index in [1.807, 2.05) is 6.07 Å². The zero-order valence-corrected chi connectivity index (χ0v) is 17.8. The quantitative estimate of drug-likeness (QED) is 0.397. The van der Waals surface area contributed by atoms with Gasteiger partial charge >= 0.3 is 0 Å². The molecule has 2 N–H and O–H groups in total. The second-order valence-corrected chi connectivity index (χ2v) is 5.84. The van der Waals surface area contributed by atoms with Crippen LogP contribution in [0.15, 0.2) is 47.5 Å². The van der Waals surface area contributed by atoms with Crippen molar-refractivity contribution in [1.82, 2.24) is 10.6 Å². The lowest BCUT2D eigenvalue weighted by molar-refractivity contribution is 0.409. The van der Waals surface area contributed by atoms with Crippen LogP contribution < -0.4 is 15.4 Å². The zero-order valence-electron chi connectivity index (χ0n) is 15.4. The van der Waals surface area contributed by atoms with E-state index in [0.717, 1.165) is 31.2 Å². The molecule has 0 atom stereocenters. The van der Waals surface area contributed by atoms with Crippen molar-refractivity contribution in [2.24, 2.45) is 4.99 Å². The maximum atomic E-state index is 5.43. The fourth-order valence-electron chi connectivity index (χ4n) is 2.63. The number of benzene rings is 2. The number of nitrogens with one attached hydrogen (secondary N) is 2. The minimum atomic E-state index is 0. The number of hydrogen-bond acceptors (Lipinski definition) is 2. The lowest BCUT2D eigenvalue weighted by atomic mass is 10.1. The molecule has 0 bridgehead atoms. The largest absolute Gasteiger partial charge is 0.496 e. The second-order valence-electron chi connectivity index (χ2n) is 5.84. The van der Waals surface area contributed by atoms with Crippen LogP contribution in [0.25, 0.3) is 0 Å². The van der Waals surface area contributed by atoms with Gasteiger partial charge in [-0.3, -0.25) is 4.99 Å². The van der Waals surface area contributed by atoms with E-state index in [1.165, 1.54) is 22.3 Å². The Kier molecular flexibility index (Phi) is 9.34. The molecule has 0 aliphatic carbocycles. The third kappa shape index (κ3) is 6.57. The van der Waals surface area contributed by atoms with E-state index in [-0.39, 0.29) is 24.0 Å². The molecule has 136 valence electrons. The summed E-state index contributed by atoms with van der Waals surface area (Å²) in [6.45, 7) is 5.78. The summed E-state index contributed by atoms with van der Waals surface area (Å²) < 4.78 is 5.43. The van der Waals surface area contributed by atoms with Crippen molar-refractivity contribution in [3.8, 4) is 5.75 Å². The molecule has 0 aliphatic heterocycles. The van der Waals surface area contributed by atoms with Crippen LogP contribution in [-0.2, 0) is 13.0 Å². The van der Waals surface area contributed by atoms with Gasteiger partial charge in [0.1, 0.15) is 5.75 Å². The van der Waals surface area contributed by atoms with Crippen LogP contribution in [0, 0.1) is 13.8 Å². The van der Waals surface area contributed by atoms with Gasteiger partial charge in [0, 0.05) is 20.1 Å². The normalized spacial score (nSPS) is 10.8. The summed E-state index contributed by atoms with van der Waals surface area (Å²) in [7, 11) is 3.50. The first-order chi connectivity index (χ1) is 11.6. The molecule has 0 spiro atoms. The number of methoxy groups -OCH3 is 1. The van der Waals surface area contributed by atoms with Crippen molar-refractivity contribution >= 4 is 29.9 Å². The monoisotopic (exact) mass is 453 g/mol. The van der Waals surface area contributed by atoms with E-state index < -0.39 is 0 Å². The first-order valence-electron chi connectivity index (χ1n) is 8.26. The van der Waals surface area contributed by atoms with Crippen LogP contribution in [0.1, 0.15) is 22.3 Å². The summed E-state index contributed by atoms with van der Waals surface area (Å²) in [5.74, 6) is 1.75. The number of hydrogen-bond donors (Lipinski definition) is 2. The standard InChI is InChI=1S/C20H27N3O.HI/c1-15-9-10-19(24-4)17(13-15)11-12-22-20(21-3)23-14-18-8-6-5-7-16(18)2;/h5-10,13H,11-12,14H2,1-4H3,(H2,21,22,23);1H. The van der Waals surface area contributed by atoms with Crippen LogP contribution in [0.4, 0.5) is 0 Å². The molecule has 4 nitrogen and oxygen atoms in total. The lowest BCUT2D eigenvalue weighted by Crippen LogP contribution is -2.38. The van der Waals surface area contributed by atoms with Crippen LogP contribution in [0.5, 0.6) is 5.75 Å². The van der Waals surface area contributed by atoms with E-state index >= 15 is 0 Å². The Morgan fingerprint density at radius 3 is 2.48 bits per heavy atom. The van der Waals surface area contributed by atoms with E-state index in [0.29, 0.717) is 0 Å². The lowest BCUT2D eigenvalue weighted by Gasteiger charge is -2.14. The van der Waals surface area contributed by atoms with Crippen LogP contribution in [0.2, 0.25) is 0 Å². The average Bonchev–Trinajstić information content (AvgIpc) is 2.59. The molecule has 5 heteroatoms. The molecule has 0 aliphatic rings. The molecular weight excluding hydrogens is 425 g/mol. The van der Waals surface area contributed by atoms with Gasteiger partial charge in [0.2, 0.25) is 0 Å². The molecule has 2 aromatic carbocycles. The van der Waals surface area contributed by atoms with Crippen LogP contribution in [0.3, 0.4) is 0 Å². The molecule has 0 unspecified atom stereocenters. The highest BCUT2D eigenvalue weighted by atomic mass is 127. The van der Waals surface area contributed by atoms with Crippen molar-refractivity contribution in [2.75, 3.05) is 20.7 Å². The summed E-state index contributed by atoms with van der Waals surface area (Å²) in [4.78, 5) is 4.29. The maximum absolute atomic E-state index is 5.43. The Morgan fingerprint density at radius 2 is 1.80 bits per heavy atom. The van der Waals surface area contributed by atoms with Gasteiger partial charge in [-0.25, -0.2) is 0 Å². The second kappa shape index (κ2) is 11.0. The summed E-state index contributed by atoms with van der Waals surface area (Å²) in [6, 6.07) is 14.6. The number of rotatable bonds is 6. The number of ether oxygens (including phenoxy) is 1. The third-order valence-electron chi connectivity index (χ3n) is 4.05. The molecule has 2 aromatic rings. The Morgan fingerprint density at radius 1 is 1.04 bits per heavy atom. The van der Waals surface area contributed by atoms with Crippen molar-refractivity contribution in [3.63, 3.8) is 0 Å². The molecule has 0 aromatic heterocycles. The molecule has 0 saturated heterocycles. The Bertz CT molecular complexity index is 701. The van der Waals surface area contributed by atoms with Gasteiger partial charge in [-0.1, -0.05) is 42.0 Å². The molecule has 0 amide bonds. The van der Waals surface area contributed by atoms with Gasteiger partial charge in [0.15, 0.2) is 5.96 Å². The molecular formula is C20H28IN3O. The van der Waals surface area contributed by atoms with Gasteiger partial charge in [0.25, 0.3) is 0 Å². The van der Waals surface area contributed by atoms with E-state index in [9.17, 15) is 0 Å². The van der Waals surface area contributed by atoms with Gasteiger partial charge in [-0.05, 0) is 43.0 Å². The SMILES string of the molecule is CN=C(NCCc1cc(C)ccc1OC)NCc1ccccc1C.I. The summed E-state index contributed by atoms with van der Waals surface area (Å²) in [5.41, 5.74) is 5.01. The topological polar surface area (TPSA) is 45.7 Å². The summed E-state index contributed by atoms with van der Waals surface area (Å²) in [6.07, 6.45) is 0.885. The number of guanidine groups is 1. The Balaban J connectivity index is 0.00000312. The van der Waals surface area contributed by atoms with Crippen molar-refractivity contribution in [1.29, 1.82) is 0 Å². The van der Waals surface area contributed by atoms with Crippen molar-refractivity contribution in [3.05, 3.63) is 64.7 Å². The fraction of sp³-hybridized carbons (Fsp3) is 0.350. The highest BCUT2D eigenvalue weighted by Crippen LogP contribution is 2.19. The van der Waals surface area contributed by atoms with E-state index in [1.54, 1.807) is 14.2 Å². The minimum Gasteiger partial charge on any atom is -0.496 e. The molecule has 0 radical (unpaired) electrons. The smallest absolute Gasteiger partial charge is 0.191 e. The maximum Gasteiger partial charge on any atom is 0.191 e. The van der Waals surface area contributed by atoms with Gasteiger partial charge in [0.05, 0.1) is 7.11 Å². The van der Waals surface area contributed by atoms with Gasteiger partial charge in [-0.2, -0.15) is 0 Å². The highest BCUT2D eigenvalue weighted by molar-refractivity contribution is 14.0. The number of halogens is 1. The number of aryl methyl sites for hydroxylation is 2. The first kappa shape index (κ1) is 21.3. The summed E-state index contributed by atoms with van der Waals surface area (Å²) >= 11 is 0. The highest BCUT2D eigenvalue weighted by Gasteiger charge is 2.04. The zero-order chi connectivity index (χ0) is 17.4. The van der Waals surface area contributed by atoms with Crippen LogP contribution >= 0.6 is 24.0 Å². The Hall–Kier alpha value is -1.76. The van der Waals surface area contributed by atoms with Gasteiger partial charge < -0.3 is 15.4 Å². The molecule has 0 heterocycles. The van der Waals surface area contributed by atoms with Crippen molar-refractivity contribution < 1.29 is 4.74 Å². The molecule has 0 saturated carbocycles. The predicted molar refractivity (Wildman–Crippen MR) is 116 cm³/mol. The molecule has 2 rings (SSSR count). The molecule has 0 fully saturated rings. The molecule has 25 heavy (non-hydrogen) atoms. The predicted octanol–water partition coefficient (Wildman–Crippen LogP) is 3.84. The summed E-state index contributed by atoms with van der Waals surface area (Å²) in [5, 5.41) is 6.72. The first-order valence-corrected chi connectivity index (χ1v) is 8.26. The van der Waals surface area contributed by atoms with Crippen molar-refractivity contribution in [2.45, 2.75) is 26.8 Å². The Labute approximate surface area is 168 Å². The fourth-order valence-corrected chi connectivity index (χ4v) is 2.63. The van der Waals surface area contributed by atoms with E-state index in [4.69, 9.17) is 4.74 Å². The number of aliphatic imine (C=N–C) groups is 1. The minimum absolute atomic E-state index is 0. The average molecular weight is 453 g/mol.